The Morgan fingerprint density at radius 3 is 2.48 bits per heavy atom. The average molecular weight is 666 g/mol. The van der Waals surface area contributed by atoms with Gasteiger partial charge >= 0.3 is 6.09 Å². The number of hydrogen-bond donors (Lipinski definition) is 2. The summed E-state index contributed by atoms with van der Waals surface area (Å²) in [5, 5.41) is 6.22. The van der Waals surface area contributed by atoms with Gasteiger partial charge < -0.3 is 39.5 Å². The summed E-state index contributed by atoms with van der Waals surface area (Å²) in [6, 6.07) is 5.23. The van der Waals surface area contributed by atoms with Gasteiger partial charge in [-0.15, -0.1) is 0 Å². The van der Waals surface area contributed by atoms with Crippen molar-refractivity contribution < 1.29 is 28.6 Å². The summed E-state index contributed by atoms with van der Waals surface area (Å²) >= 11 is 0. The Balaban J connectivity index is 1.13. The smallest absolute Gasteiger partial charge is 0.410 e. The molecule has 0 bridgehead atoms. The van der Waals surface area contributed by atoms with Crippen molar-refractivity contribution in [2.75, 3.05) is 55.5 Å². The number of carbonyl (C=O) groups excluding carboxylic acids is 3. The second-order valence-corrected chi connectivity index (χ2v) is 13.8. The zero-order valence-corrected chi connectivity index (χ0v) is 29.2. The molecule has 3 heterocycles. The van der Waals surface area contributed by atoms with E-state index in [1.165, 1.54) is 0 Å². The van der Waals surface area contributed by atoms with Crippen molar-refractivity contribution in [3.8, 4) is 5.75 Å². The van der Waals surface area contributed by atoms with Crippen molar-refractivity contribution in [1.82, 2.24) is 20.2 Å². The molecular formula is C35H51N7O6. The first kappa shape index (κ1) is 35.2. The van der Waals surface area contributed by atoms with E-state index in [4.69, 9.17) is 19.2 Å². The van der Waals surface area contributed by atoms with Gasteiger partial charge in [0.15, 0.2) is 5.82 Å². The third-order valence-corrected chi connectivity index (χ3v) is 9.18. The molecule has 2 N–H and O–H groups in total. The van der Waals surface area contributed by atoms with Gasteiger partial charge in [0.05, 0.1) is 25.1 Å². The van der Waals surface area contributed by atoms with Crippen LogP contribution in [0.2, 0.25) is 0 Å². The lowest BCUT2D eigenvalue weighted by Gasteiger charge is -2.43. The van der Waals surface area contributed by atoms with Crippen molar-refractivity contribution in [3.63, 3.8) is 0 Å². The number of rotatable bonds is 11. The number of likely N-dealkylation sites (N-methyl/N-ethyl adjacent to an activating group) is 1. The number of hydrogen-bond acceptors (Lipinski definition) is 10. The first-order chi connectivity index (χ1) is 23.0. The Morgan fingerprint density at radius 2 is 1.81 bits per heavy atom. The standard InChI is InChI=1S/C35H51N7O6/c1-7-27-32(44)40(5)28-22-37-33(39-30(28)42(27)24-11-8-9-12-24)38-26-14-13-23(21-29(26)46-6)31(43)36-17-10-20-47-25-15-18-41(19-16-25)34(45)48-35(2,3)4/h13-14,21-22,24-25,27H,7-12,15-20H2,1-6H3,(H,36,43)(H,37,38,39). The maximum absolute atomic E-state index is 13.2. The van der Waals surface area contributed by atoms with Crippen LogP contribution in [-0.2, 0) is 14.3 Å². The number of likely N-dealkylation sites (tertiary alicyclic amines) is 1. The number of benzene rings is 1. The number of nitrogens with one attached hydrogen (secondary N) is 2. The number of carbonyl (C=O) groups is 3. The molecule has 1 saturated carbocycles. The van der Waals surface area contributed by atoms with E-state index in [-0.39, 0.29) is 36.1 Å². The van der Waals surface area contributed by atoms with Crippen LogP contribution in [0.25, 0.3) is 0 Å². The van der Waals surface area contributed by atoms with Gasteiger partial charge in [-0.05, 0) is 77.5 Å². The predicted molar refractivity (Wildman–Crippen MR) is 184 cm³/mol. The summed E-state index contributed by atoms with van der Waals surface area (Å²) in [4.78, 5) is 53.5. The highest BCUT2D eigenvalue weighted by atomic mass is 16.6. The number of amides is 3. The van der Waals surface area contributed by atoms with Gasteiger partial charge in [0, 0.05) is 44.9 Å². The van der Waals surface area contributed by atoms with Crippen molar-refractivity contribution >= 4 is 41.0 Å². The summed E-state index contributed by atoms with van der Waals surface area (Å²) in [5.41, 5.74) is 1.29. The average Bonchev–Trinajstić information content (AvgIpc) is 3.60. The highest BCUT2D eigenvalue weighted by Crippen LogP contribution is 2.40. The van der Waals surface area contributed by atoms with Gasteiger partial charge in [0.1, 0.15) is 23.1 Å². The molecule has 13 heteroatoms. The minimum Gasteiger partial charge on any atom is -0.495 e. The fraction of sp³-hybridized carbons (Fsp3) is 0.629. The van der Waals surface area contributed by atoms with E-state index in [0.29, 0.717) is 67.7 Å². The zero-order chi connectivity index (χ0) is 34.4. The molecule has 3 amide bonds. The van der Waals surface area contributed by atoms with Gasteiger partial charge in [-0.25, -0.2) is 9.78 Å². The second-order valence-electron chi connectivity index (χ2n) is 13.8. The highest BCUT2D eigenvalue weighted by molar-refractivity contribution is 6.04. The molecule has 2 aromatic rings. The Hall–Kier alpha value is -4.13. The van der Waals surface area contributed by atoms with E-state index in [2.05, 4.69) is 20.5 Å². The molecule has 0 radical (unpaired) electrons. The van der Waals surface area contributed by atoms with Crippen LogP contribution < -0.4 is 25.2 Å². The summed E-state index contributed by atoms with van der Waals surface area (Å²) in [6.45, 7) is 9.84. The van der Waals surface area contributed by atoms with E-state index >= 15 is 0 Å². The van der Waals surface area contributed by atoms with Crippen LogP contribution in [0.3, 0.4) is 0 Å². The third kappa shape index (κ3) is 8.29. The van der Waals surface area contributed by atoms with E-state index in [1.54, 1.807) is 48.4 Å². The van der Waals surface area contributed by atoms with Crippen molar-refractivity contribution in [1.29, 1.82) is 0 Å². The molecule has 1 saturated heterocycles. The van der Waals surface area contributed by atoms with Crippen molar-refractivity contribution in [3.05, 3.63) is 30.0 Å². The molecule has 13 nitrogen and oxygen atoms in total. The van der Waals surface area contributed by atoms with E-state index in [9.17, 15) is 14.4 Å². The molecule has 3 aliphatic rings. The number of methoxy groups -OCH3 is 1. The van der Waals surface area contributed by atoms with Gasteiger partial charge in [-0.1, -0.05) is 19.8 Å². The van der Waals surface area contributed by atoms with Crippen molar-refractivity contribution in [2.24, 2.45) is 0 Å². The summed E-state index contributed by atoms with van der Waals surface area (Å²) in [5.74, 6) is 1.50. The topological polar surface area (TPSA) is 138 Å². The highest BCUT2D eigenvalue weighted by Gasteiger charge is 2.41. The number of nitrogens with zero attached hydrogens (tertiary/aromatic N) is 5. The summed E-state index contributed by atoms with van der Waals surface area (Å²) in [6.07, 6.45) is 8.78. The maximum atomic E-state index is 13.2. The number of anilines is 4. The molecule has 5 rings (SSSR count). The number of fused-ring (bicyclic) bond motifs is 1. The van der Waals surface area contributed by atoms with Crippen LogP contribution in [0, 0.1) is 0 Å². The van der Waals surface area contributed by atoms with Gasteiger partial charge in [0.25, 0.3) is 5.91 Å². The van der Waals surface area contributed by atoms with Crippen LogP contribution in [0.15, 0.2) is 24.4 Å². The summed E-state index contributed by atoms with van der Waals surface area (Å²) < 4.78 is 17.1. The minimum absolute atomic E-state index is 0.0710. The van der Waals surface area contributed by atoms with E-state index in [1.807, 2.05) is 27.7 Å². The van der Waals surface area contributed by atoms with Crippen LogP contribution >= 0.6 is 0 Å². The largest absolute Gasteiger partial charge is 0.495 e. The molecule has 48 heavy (non-hydrogen) atoms. The first-order valence-corrected chi connectivity index (χ1v) is 17.2. The van der Waals surface area contributed by atoms with Gasteiger partial charge in [-0.3, -0.25) is 9.59 Å². The Labute approximate surface area is 283 Å². The molecule has 1 aliphatic carbocycles. The quantitative estimate of drug-likeness (QED) is 0.305. The van der Waals surface area contributed by atoms with Crippen LogP contribution in [0.4, 0.5) is 27.9 Å². The number of ether oxygens (including phenoxy) is 3. The molecule has 1 atom stereocenters. The fourth-order valence-corrected chi connectivity index (χ4v) is 6.66. The molecule has 262 valence electrons. The molecule has 2 aliphatic heterocycles. The fourth-order valence-electron chi connectivity index (χ4n) is 6.66. The molecule has 2 fully saturated rings. The molecule has 1 unspecified atom stereocenters. The lowest BCUT2D eigenvalue weighted by Crippen LogP contribution is -2.55. The molecule has 0 spiro atoms. The molecular weight excluding hydrogens is 614 g/mol. The summed E-state index contributed by atoms with van der Waals surface area (Å²) in [7, 11) is 3.34. The zero-order valence-electron chi connectivity index (χ0n) is 29.2. The first-order valence-electron chi connectivity index (χ1n) is 17.2. The second kappa shape index (κ2) is 15.4. The Morgan fingerprint density at radius 1 is 1.08 bits per heavy atom. The predicted octanol–water partition coefficient (Wildman–Crippen LogP) is 5.27. The SMILES string of the molecule is CCC1C(=O)N(C)c2cnc(Nc3ccc(C(=O)NCCCOC4CCN(C(=O)OC(C)(C)C)CC4)cc3OC)nc2N1C1CCCC1. The minimum atomic E-state index is -0.506. The van der Waals surface area contributed by atoms with Gasteiger partial charge in [0.2, 0.25) is 11.9 Å². The lowest BCUT2D eigenvalue weighted by atomic mass is 10.0. The Kier molecular flexibility index (Phi) is 11.3. The number of piperidine rings is 1. The maximum Gasteiger partial charge on any atom is 0.410 e. The number of aromatic nitrogens is 2. The lowest BCUT2D eigenvalue weighted by molar-refractivity contribution is -0.120. The Bertz CT molecular complexity index is 1450. The normalized spacial score (nSPS) is 18.9. The van der Waals surface area contributed by atoms with E-state index in [0.717, 1.165) is 44.3 Å². The molecule has 1 aromatic heterocycles. The third-order valence-electron chi connectivity index (χ3n) is 9.18. The monoisotopic (exact) mass is 665 g/mol. The van der Waals surface area contributed by atoms with Crippen molar-refractivity contribution in [2.45, 2.75) is 103 Å². The van der Waals surface area contributed by atoms with E-state index < -0.39 is 5.60 Å². The van der Waals surface area contributed by atoms with Gasteiger partial charge in [-0.2, -0.15) is 4.98 Å². The van der Waals surface area contributed by atoms with Crippen LogP contribution in [0.5, 0.6) is 5.75 Å². The van der Waals surface area contributed by atoms with Crippen LogP contribution in [0.1, 0.15) is 89.4 Å². The molecule has 1 aromatic carbocycles. The van der Waals surface area contributed by atoms with Crippen LogP contribution in [-0.4, -0.2) is 97.0 Å².